The fraction of sp³-hybridized carbons (Fsp3) is 0.0385. The maximum atomic E-state index is 12.8. The fourth-order valence-corrected chi connectivity index (χ4v) is 4.11. The van der Waals surface area contributed by atoms with Gasteiger partial charge in [-0.2, -0.15) is 0 Å². The van der Waals surface area contributed by atoms with Gasteiger partial charge in [-0.05, 0) is 77.9 Å². The van der Waals surface area contributed by atoms with Gasteiger partial charge in [0.05, 0.1) is 11.0 Å². The van der Waals surface area contributed by atoms with E-state index in [0.29, 0.717) is 10.6 Å². The van der Waals surface area contributed by atoms with Crippen LogP contribution in [-0.2, 0) is 0 Å². The van der Waals surface area contributed by atoms with Crippen molar-refractivity contribution in [2.75, 3.05) is 5.32 Å². The summed E-state index contributed by atoms with van der Waals surface area (Å²) in [7, 11) is 0. The number of hydrogen-bond donors (Lipinski definition) is 3. The van der Waals surface area contributed by atoms with Gasteiger partial charge in [-0.25, -0.2) is 4.98 Å². The van der Waals surface area contributed by atoms with Crippen molar-refractivity contribution in [3.63, 3.8) is 0 Å². The molecule has 3 N–H and O–H groups in total. The fourth-order valence-electron chi connectivity index (χ4n) is 3.74. The Hall–Kier alpha value is -3.74. The standard InChI is InChI=1S/C26H19ClN4OS/c1-15-13-22-23(14-21(15)27)30-24(29-22)17-9-11-18(12-10-17)28-26(33)31-25(32)20-8-4-6-16-5-2-3-7-19(16)20/h2-14H,1H3,(H,29,30)(H2,28,31,32,33). The van der Waals surface area contributed by atoms with Crippen LogP contribution in [0.15, 0.2) is 78.9 Å². The molecule has 0 spiro atoms. The van der Waals surface area contributed by atoms with E-state index in [2.05, 4.69) is 20.6 Å². The molecule has 0 atom stereocenters. The first-order chi connectivity index (χ1) is 16.0. The highest BCUT2D eigenvalue weighted by Crippen LogP contribution is 2.26. The molecule has 162 valence electrons. The number of aromatic amines is 1. The largest absolute Gasteiger partial charge is 0.338 e. The molecule has 5 nitrogen and oxygen atoms in total. The van der Waals surface area contributed by atoms with Crippen LogP contribution in [-0.4, -0.2) is 21.0 Å². The van der Waals surface area contributed by atoms with Crippen molar-refractivity contribution in [1.29, 1.82) is 0 Å². The van der Waals surface area contributed by atoms with Crippen LogP contribution in [0.1, 0.15) is 15.9 Å². The molecule has 1 heterocycles. The molecular formula is C26H19ClN4OS. The molecule has 0 aliphatic carbocycles. The van der Waals surface area contributed by atoms with Gasteiger partial charge in [0, 0.05) is 21.8 Å². The molecule has 5 rings (SSSR count). The number of nitrogens with zero attached hydrogens (tertiary/aromatic N) is 1. The van der Waals surface area contributed by atoms with Crippen LogP contribution >= 0.6 is 23.8 Å². The lowest BCUT2D eigenvalue weighted by atomic mass is 10.0. The molecule has 0 unspecified atom stereocenters. The summed E-state index contributed by atoms with van der Waals surface area (Å²) in [5.41, 5.74) is 5.02. The summed E-state index contributed by atoms with van der Waals surface area (Å²) in [6.45, 7) is 1.96. The summed E-state index contributed by atoms with van der Waals surface area (Å²) in [5, 5.41) is 8.63. The number of anilines is 1. The molecular weight excluding hydrogens is 452 g/mol. The van der Waals surface area contributed by atoms with Gasteiger partial charge in [-0.15, -0.1) is 0 Å². The number of carbonyl (C=O) groups excluding carboxylic acids is 1. The molecule has 0 radical (unpaired) electrons. The Kier molecular flexibility index (Phi) is 5.54. The highest BCUT2D eigenvalue weighted by atomic mass is 35.5. The van der Waals surface area contributed by atoms with Gasteiger partial charge in [0.25, 0.3) is 5.91 Å². The van der Waals surface area contributed by atoms with E-state index in [0.717, 1.165) is 44.4 Å². The maximum Gasteiger partial charge on any atom is 0.258 e. The third kappa shape index (κ3) is 4.31. The minimum absolute atomic E-state index is 0.231. The van der Waals surface area contributed by atoms with Crippen molar-refractivity contribution < 1.29 is 4.79 Å². The molecule has 7 heteroatoms. The smallest absolute Gasteiger partial charge is 0.258 e. The van der Waals surface area contributed by atoms with Crippen molar-refractivity contribution in [3.05, 3.63) is 95.0 Å². The zero-order chi connectivity index (χ0) is 22.9. The van der Waals surface area contributed by atoms with E-state index in [-0.39, 0.29) is 11.0 Å². The zero-order valence-electron chi connectivity index (χ0n) is 17.6. The zero-order valence-corrected chi connectivity index (χ0v) is 19.2. The quantitative estimate of drug-likeness (QED) is 0.264. The number of nitrogens with one attached hydrogen (secondary N) is 3. The highest BCUT2D eigenvalue weighted by Gasteiger charge is 2.12. The molecule has 4 aromatic carbocycles. The third-order valence-corrected chi connectivity index (χ3v) is 6.05. The van der Waals surface area contributed by atoms with Crippen molar-refractivity contribution in [3.8, 4) is 11.4 Å². The van der Waals surface area contributed by atoms with Crippen molar-refractivity contribution >= 4 is 62.3 Å². The van der Waals surface area contributed by atoms with Gasteiger partial charge in [0.1, 0.15) is 5.82 Å². The molecule has 33 heavy (non-hydrogen) atoms. The topological polar surface area (TPSA) is 69.8 Å². The number of amides is 1. The van der Waals surface area contributed by atoms with E-state index in [9.17, 15) is 4.79 Å². The molecule has 0 bridgehead atoms. The summed E-state index contributed by atoms with van der Waals surface area (Å²) >= 11 is 11.6. The second kappa shape index (κ2) is 8.65. The summed E-state index contributed by atoms with van der Waals surface area (Å²) < 4.78 is 0. The number of aromatic nitrogens is 2. The van der Waals surface area contributed by atoms with Crippen LogP contribution in [0.4, 0.5) is 5.69 Å². The Morgan fingerprint density at radius 1 is 1.00 bits per heavy atom. The Morgan fingerprint density at radius 3 is 2.58 bits per heavy atom. The number of aryl methyl sites for hydroxylation is 1. The number of hydrogen-bond acceptors (Lipinski definition) is 3. The van der Waals surface area contributed by atoms with E-state index in [4.69, 9.17) is 23.8 Å². The first kappa shape index (κ1) is 21.1. The average molecular weight is 471 g/mol. The highest BCUT2D eigenvalue weighted by molar-refractivity contribution is 7.80. The monoisotopic (exact) mass is 470 g/mol. The lowest BCUT2D eigenvalue weighted by molar-refractivity contribution is 0.0979. The van der Waals surface area contributed by atoms with Crippen LogP contribution in [0.3, 0.4) is 0 Å². The maximum absolute atomic E-state index is 12.8. The lowest BCUT2D eigenvalue weighted by Gasteiger charge is -2.11. The Labute approximate surface area is 200 Å². The molecule has 1 amide bonds. The van der Waals surface area contributed by atoms with Crippen LogP contribution in [0.25, 0.3) is 33.2 Å². The van der Waals surface area contributed by atoms with Gasteiger partial charge in [-0.1, -0.05) is 48.0 Å². The van der Waals surface area contributed by atoms with E-state index < -0.39 is 0 Å². The van der Waals surface area contributed by atoms with E-state index >= 15 is 0 Å². The van der Waals surface area contributed by atoms with Crippen molar-refractivity contribution in [1.82, 2.24) is 15.3 Å². The lowest BCUT2D eigenvalue weighted by Crippen LogP contribution is -2.34. The van der Waals surface area contributed by atoms with Gasteiger partial charge >= 0.3 is 0 Å². The summed E-state index contributed by atoms with van der Waals surface area (Å²) in [4.78, 5) is 20.7. The van der Waals surface area contributed by atoms with Crippen LogP contribution < -0.4 is 10.6 Å². The number of imidazole rings is 1. The Morgan fingerprint density at radius 2 is 1.76 bits per heavy atom. The molecule has 0 aliphatic rings. The molecule has 0 aliphatic heterocycles. The number of thiocarbonyl (C=S) groups is 1. The van der Waals surface area contributed by atoms with E-state index in [1.165, 1.54) is 0 Å². The number of H-pyrrole nitrogens is 1. The Bertz CT molecular complexity index is 1480. The van der Waals surface area contributed by atoms with Gasteiger partial charge in [0.2, 0.25) is 0 Å². The molecule has 0 saturated heterocycles. The van der Waals surface area contributed by atoms with Crippen LogP contribution in [0.5, 0.6) is 0 Å². The van der Waals surface area contributed by atoms with Crippen molar-refractivity contribution in [2.24, 2.45) is 0 Å². The molecule has 5 aromatic rings. The number of fused-ring (bicyclic) bond motifs is 2. The SMILES string of the molecule is Cc1cc2[nH]c(-c3ccc(NC(=S)NC(=O)c4cccc5ccccc45)cc3)nc2cc1Cl. The molecule has 0 saturated carbocycles. The van der Waals surface area contributed by atoms with E-state index in [1.807, 2.05) is 79.7 Å². The number of benzene rings is 4. The third-order valence-electron chi connectivity index (χ3n) is 5.44. The van der Waals surface area contributed by atoms with Gasteiger partial charge in [0.15, 0.2) is 5.11 Å². The molecule has 0 fully saturated rings. The summed E-state index contributed by atoms with van der Waals surface area (Å²) in [6, 6.07) is 24.9. The number of rotatable bonds is 3. The number of halogens is 1. The predicted molar refractivity (Wildman–Crippen MR) is 139 cm³/mol. The van der Waals surface area contributed by atoms with Crippen molar-refractivity contribution in [2.45, 2.75) is 6.92 Å². The number of carbonyl (C=O) groups is 1. The second-order valence-corrected chi connectivity index (χ2v) is 8.53. The normalized spacial score (nSPS) is 11.0. The minimum atomic E-state index is -0.253. The van der Waals surface area contributed by atoms with Gasteiger partial charge in [-0.3, -0.25) is 10.1 Å². The first-order valence-corrected chi connectivity index (χ1v) is 11.1. The van der Waals surface area contributed by atoms with Gasteiger partial charge < -0.3 is 10.3 Å². The summed E-state index contributed by atoms with van der Waals surface area (Å²) in [6.07, 6.45) is 0. The molecule has 1 aromatic heterocycles. The first-order valence-electron chi connectivity index (χ1n) is 10.3. The van der Waals surface area contributed by atoms with E-state index in [1.54, 1.807) is 6.07 Å². The predicted octanol–water partition coefficient (Wildman–Crippen LogP) is 6.47. The minimum Gasteiger partial charge on any atom is -0.338 e. The van der Waals surface area contributed by atoms with Crippen LogP contribution in [0.2, 0.25) is 5.02 Å². The second-order valence-electron chi connectivity index (χ2n) is 7.72. The summed E-state index contributed by atoms with van der Waals surface area (Å²) in [5.74, 6) is 0.502. The van der Waals surface area contributed by atoms with Crippen LogP contribution in [0, 0.1) is 6.92 Å². The average Bonchev–Trinajstić information content (AvgIpc) is 3.22. The Balaban J connectivity index is 1.29.